The summed E-state index contributed by atoms with van der Waals surface area (Å²) in [4.78, 5) is 27.4. The number of rotatable bonds is 4. The van der Waals surface area contributed by atoms with E-state index in [1.54, 1.807) is 6.92 Å². The molecule has 11 heteroatoms. The number of amides is 2. The van der Waals surface area contributed by atoms with E-state index in [-0.39, 0.29) is 18.2 Å². The van der Waals surface area contributed by atoms with Gasteiger partial charge in [0.05, 0.1) is 23.2 Å². The van der Waals surface area contributed by atoms with E-state index in [0.29, 0.717) is 36.0 Å². The van der Waals surface area contributed by atoms with Crippen LogP contribution in [0.3, 0.4) is 0 Å². The van der Waals surface area contributed by atoms with Gasteiger partial charge in [-0.05, 0) is 67.3 Å². The summed E-state index contributed by atoms with van der Waals surface area (Å²) in [5, 5.41) is 0. The summed E-state index contributed by atoms with van der Waals surface area (Å²) >= 11 is 0. The minimum absolute atomic E-state index is 0.0283. The van der Waals surface area contributed by atoms with Crippen molar-refractivity contribution in [2.75, 3.05) is 13.6 Å². The first-order valence-corrected chi connectivity index (χ1v) is 10.7. The molecular formula is C24H23F7N2O2. The summed E-state index contributed by atoms with van der Waals surface area (Å²) in [6.07, 6.45) is -9.04. The van der Waals surface area contributed by atoms with Gasteiger partial charge in [0.2, 0.25) is 0 Å². The van der Waals surface area contributed by atoms with E-state index in [1.807, 2.05) is 0 Å². The van der Waals surface area contributed by atoms with Gasteiger partial charge in [0, 0.05) is 19.5 Å². The maximum atomic E-state index is 13.6. The Morgan fingerprint density at radius 2 is 1.63 bits per heavy atom. The van der Waals surface area contributed by atoms with Crippen molar-refractivity contribution in [2.24, 2.45) is 5.92 Å². The SMILES string of the molecule is Cc1cc(F)ccc1[C@@H]1[C@@H](C=O)CCN1C(=O)N(C)[C@H](C)c1cc(C(F)(F)F)cc(C(F)(F)F)c1. The van der Waals surface area contributed by atoms with Crippen molar-refractivity contribution in [3.05, 3.63) is 70.0 Å². The fourth-order valence-electron chi connectivity index (χ4n) is 4.35. The van der Waals surface area contributed by atoms with Crippen LogP contribution < -0.4 is 0 Å². The van der Waals surface area contributed by atoms with Crippen LogP contribution in [0.25, 0.3) is 0 Å². The number of aldehydes is 1. The molecule has 0 unspecified atom stereocenters. The summed E-state index contributed by atoms with van der Waals surface area (Å²) in [7, 11) is 1.27. The van der Waals surface area contributed by atoms with Crippen LogP contribution in [0.5, 0.6) is 0 Å². The van der Waals surface area contributed by atoms with Crippen LogP contribution in [0, 0.1) is 18.7 Å². The number of nitrogens with zero attached hydrogens (tertiary/aromatic N) is 2. The largest absolute Gasteiger partial charge is 0.416 e. The molecular weight excluding hydrogens is 481 g/mol. The molecule has 4 nitrogen and oxygen atoms in total. The van der Waals surface area contributed by atoms with Crippen molar-refractivity contribution in [1.82, 2.24) is 9.80 Å². The minimum Gasteiger partial charge on any atom is -0.321 e. The minimum atomic E-state index is -5.02. The summed E-state index contributed by atoms with van der Waals surface area (Å²) in [5.41, 5.74) is -2.25. The number of aryl methyl sites for hydroxylation is 1. The van der Waals surface area contributed by atoms with Crippen molar-refractivity contribution in [1.29, 1.82) is 0 Å². The van der Waals surface area contributed by atoms with Crippen molar-refractivity contribution >= 4 is 12.3 Å². The number of alkyl halides is 6. The Balaban J connectivity index is 1.97. The number of hydrogen-bond donors (Lipinski definition) is 0. The predicted octanol–water partition coefficient (Wildman–Crippen LogP) is 6.55. The van der Waals surface area contributed by atoms with Crippen molar-refractivity contribution < 1.29 is 40.3 Å². The molecule has 2 amide bonds. The standard InChI is InChI=1S/C24H23F7N2O2/c1-13-8-19(25)4-5-20(13)21-15(12-34)6-7-33(21)22(35)32(3)14(2)16-9-17(23(26,27)28)11-18(10-16)24(29,30)31/h4-5,8-12,14-15,21H,6-7H2,1-3H3/t14-,15-,21+/m1/s1. The number of urea groups is 1. The van der Waals surface area contributed by atoms with Gasteiger partial charge < -0.3 is 14.6 Å². The van der Waals surface area contributed by atoms with Gasteiger partial charge >= 0.3 is 18.4 Å². The molecule has 0 spiro atoms. The first kappa shape index (κ1) is 26.5. The van der Waals surface area contributed by atoms with Crippen LogP contribution in [0.15, 0.2) is 36.4 Å². The Bertz CT molecular complexity index is 1080. The molecule has 0 aliphatic carbocycles. The smallest absolute Gasteiger partial charge is 0.321 e. The third-order valence-corrected chi connectivity index (χ3v) is 6.39. The molecule has 1 aliphatic rings. The van der Waals surface area contributed by atoms with Crippen LogP contribution in [0.1, 0.15) is 53.2 Å². The molecule has 1 heterocycles. The fourth-order valence-corrected chi connectivity index (χ4v) is 4.35. The van der Waals surface area contributed by atoms with Crippen LogP contribution in [-0.2, 0) is 17.1 Å². The number of carbonyl (C=O) groups excluding carboxylic acids is 2. The Kier molecular flexibility index (Phi) is 7.19. The second-order valence-electron chi connectivity index (χ2n) is 8.64. The van der Waals surface area contributed by atoms with Gasteiger partial charge in [0.1, 0.15) is 12.1 Å². The predicted molar refractivity (Wildman–Crippen MR) is 113 cm³/mol. The molecule has 0 radical (unpaired) electrons. The van der Waals surface area contributed by atoms with Crippen LogP contribution >= 0.6 is 0 Å². The van der Waals surface area contributed by atoms with Crippen molar-refractivity contribution in [3.8, 4) is 0 Å². The molecule has 0 N–H and O–H groups in total. The average molecular weight is 504 g/mol. The van der Waals surface area contributed by atoms with Gasteiger partial charge in [-0.2, -0.15) is 26.3 Å². The molecule has 3 rings (SSSR count). The van der Waals surface area contributed by atoms with Crippen LogP contribution in [0.2, 0.25) is 0 Å². The van der Waals surface area contributed by atoms with E-state index < -0.39 is 53.3 Å². The van der Waals surface area contributed by atoms with E-state index in [0.717, 1.165) is 4.90 Å². The highest BCUT2D eigenvalue weighted by Gasteiger charge is 2.41. The van der Waals surface area contributed by atoms with Crippen LogP contribution in [0.4, 0.5) is 35.5 Å². The number of hydrogen-bond acceptors (Lipinski definition) is 2. The highest BCUT2D eigenvalue weighted by molar-refractivity contribution is 5.77. The molecule has 0 aromatic heterocycles. The van der Waals surface area contributed by atoms with E-state index in [2.05, 4.69) is 0 Å². The zero-order valence-corrected chi connectivity index (χ0v) is 19.0. The zero-order valence-electron chi connectivity index (χ0n) is 19.0. The fraction of sp³-hybridized carbons (Fsp3) is 0.417. The number of likely N-dealkylation sites (tertiary alicyclic amines) is 1. The van der Waals surface area contributed by atoms with Gasteiger partial charge in [0.15, 0.2) is 0 Å². The van der Waals surface area contributed by atoms with E-state index in [1.165, 1.54) is 37.1 Å². The molecule has 35 heavy (non-hydrogen) atoms. The first-order valence-electron chi connectivity index (χ1n) is 10.7. The number of carbonyl (C=O) groups is 2. The molecule has 0 saturated carbocycles. The summed E-state index contributed by atoms with van der Waals surface area (Å²) in [6, 6.07) is 2.53. The van der Waals surface area contributed by atoms with E-state index in [4.69, 9.17) is 0 Å². The maximum absolute atomic E-state index is 13.6. The topological polar surface area (TPSA) is 40.6 Å². The van der Waals surface area contributed by atoms with Gasteiger partial charge in [-0.25, -0.2) is 9.18 Å². The Labute approximate surface area is 197 Å². The lowest BCUT2D eigenvalue weighted by atomic mass is 9.92. The molecule has 0 bridgehead atoms. The highest BCUT2D eigenvalue weighted by atomic mass is 19.4. The van der Waals surface area contributed by atoms with Crippen molar-refractivity contribution in [2.45, 2.75) is 44.7 Å². The van der Waals surface area contributed by atoms with Gasteiger partial charge in [-0.15, -0.1) is 0 Å². The van der Waals surface area contributed by atoms with Crippen molar-refractivity contribution in [3.63, 3.8) is 0 Å². The number of benzene rings is 2. The first-order chi connectivity index (χ1) is 16.1. The Hall–Kier alpha value is -3.11. The summed E-state index contributed by atoms with van der Waals surface area (Å²) in [6.45, 7) is 3.07. The zero-order chi connectivity index (χ0) is 26.3. The maximum Gasteiger partial charge on any atom is 0.416 e. The highest BCUT2D eigenvalue weighted by Crippen LogP contribution is 2.41. The van der Waals surface area contributed by atoms with E-state index >= 15 is 0 Å². The normalized spacial score (nSPS) is 19.5. The number of halogens is 7. The average Bonchev–Trinajstić information content (AvgIpc) is 3.19. The molecule has 2 aromatic rings. The van der Waals surface area contributed by atoms with E-state index in [9.17, 15) is 40.3 Å². The Morgan fingerprint density at radius 1 is 1.06 bits per heavy atom. The molecule has 1 fully saturated rings. The monoisotopic (exact) mass is 504 g/mol. The lowest BCUT2D eigenvalue weighted by Crippen LogP contribution is -2.42. The third kappa shape index (κ3) is 5.43. The molecule has 1 saturated heterocycles. The second kappa shape index (κ2) is 9.50. The van der Waals surface area contributed by atoms with Gasteiger partial charge in [-0.3, -0.25) is 0 Å². The Morgan fingerprint density at radius 3 is 2.11 bits per heavy atom. The molecule has 2 aromatic carbocycles. The van der Waals surface area contributed by atoms with Gasteiger partial charge in [0.25, 0.3) is 0 Å². The third-order valence-electron chi connectivity index (χ3n) is 6.39. The van der Waals surface area contributed by atoms with Gasteiger partial charge in [-0.1, -0.05) is 6.07 Å². The molecule has 1 aliphatic heterocycles. The lowest BCUT2D eigenvalue weighted by Gasteiger charge is -2.35. The van der Waals surface area contributed by atoms with Crippen LogP contribution in [-0.4, -0.2) is 35.7 Å². The molecule has 3 atom stereocenters. The quantitative estimate of drug-likeness (QED) is 0.350. The summed E-state index contributed by atoms with van der Waals surface area (Å²) in [5.74, 6) is -1.10. The lowest BCUT2D eigenvalue weighted by molar-refractivity contribution is -0.143. The second-order valence-corrected chi connectivity index (χ2v) is 8.64. The molecule has 190 valence electrons. The summed E-state index contributed by atoms with van der Waals surface area (Å²) < 4.78 is 93.3.